The molecule has 1 atom stereocenters. The van der Waals surface area contributed by atoms with Crippen LogP contribution in [0.25, 0.3) is 0 Å². The van der Waals surface area contributed by atoms with Crippen LogP contribution in [0, 0.1) is 0 Å². The SMILES string of the molecule is O=C1CCC(N2C(=O)c3cccc(NCCc4cn(CCO)nn4)c3C2=O)C(=O)N1. The van der Waals surface area contributed by atoms with E-state index in [-0.39, 0.29) is 30.6 Å². The van der Waals surface area contributed by atoms with E-state index in [1.165, 1.54) is 4.68 Å². The van der Waals surface area contributed by atoms with Crippen molar-refractivity contribution in [1.82, 2.24) is 25.2 Å². The van der Waals surface area contributed by atoms with Gasteiger partial charge in [0, 0.05) is 31.3 Å². The van der Waals surface area contributed by atoms with Crippen molar-refractivity contribution in [3.8, 4) is 0 Å². The fourth-order valence-electron chi connectivity index (χ4n) is 3.65. The van der Waals surface area contributed by atoms with E-state index in [1.54, 1.807) is 24.4 Å². The van der Waals surface area contributed by atoms with Gasteiger partial charge in [0.2, 0.25) is 11.8 Å². The van der Waals surface area contributed by atoms with Crippen molar-refractivity contribution in [2.45, 2.75) is 31.8 Å². The van der Waals surface area contributed by atoms with Crippen LogP contribution < -0.4 is 10.6 Å². The molecule has 11 heteroatoms. The number of aromatic nitrogens is 3. The van der Waals surface area contributed by atoms with Gasteiger partial charge < -0.3 is 10.4 Å². The van der Waals surface area contributed by atoms with Gasteiger partial charge in [-0.1, -0.05) is 11.3 Å². The zero-order valence-corrected chi connectivity index (χ0v) is 16.0. The number of carbonyl (C=O) groups excluding carboxylic acids is 4. The summed E-state index contributed by atoms with van der Waals surface area (Å²) in [5.41, 5.74) is 1.65. The first-order chi connectivity index (χ1) is 14.5. The van der Waals surface area contributed by atoms with E-state index in [2.05, 4.69) is 20.9 Å². The number of aliphatic hydroxyl groups excluding tert-OH is 1. The predicted octanol–water partition coefficient (Wildman–Crippen LogP) is -0.674. The van der Waals surface area contributed by atoms with Crippen LogP contribution in [0.2, 0.25) is 0 Å². The summed E-state index contributed by atoms with van der Waals surface area (Å²) in [6.45, 7) is 0.768. The van der Waals surface area contributed by atoms with Crippen molar-refractivity contribution >= 4 is 29.3 Å². The summed E-state index contributed by atoms with van der Waals surface area (Å²) in [7, 11) is 0. The normalized spacial score (nSPS) is 18.6. The first-order valence-electron chi connectivity index (χ1n) is 9.58. The van der Waals surface area contributed by atoms with Crippen molar-refractivity contribution < 1.29 is 24.3 Å². The Labute approximate surface area is 171 Å². The second kappa shape index (κ2) is 8.03. The Bertz CT molecular complexity index is 1030. The number of rotatable bonds is 7. The lowest BCUT2D eigenvalue weighted by Gasteiger charge is -2.27. The van der Waals surface area contributed by atoms with Crippen LogP contribution in [0.4, 0.5) is 5.69 Å². The van der Waals surface area contributed by atoms with Gasteiger partial charge in [0.15, 0.2) is 0 Å². The van der Waals surface area contributed by atoms with Crippen molar-refractivity contribution in [2.24, 2.45) is 0 Å². The molecule has 1 saturated heterocycles. The zero-order valence-electron chi connectivity index (χ0n) is 16.0. The summed E-state index contributed by atoms with van der Waals surface area (Å²) >= 11 is 0. The maximum absolute atomic E-state index is 13.0. The molecule has 1 unspecified atom stereocenters. The number of aliphatic hydroxyl groups is 1. The van der Waals surface area contributed by atoms with Gasteiger partial charge >= 0.3 is 0 Å². The highest BCUT2D eigenvalue weighted by atomic mass is 16.3. The lowest BCUT2D eigenvalue weighted by atomic mass is 10.0. The first kappa shape index (κ1) is 19.7. The molecule has 30 heavy (non-hydrogen) atoms. The summed E-state index contributed by atoms with van der Waals surface area (Å²) in [4.78, 5) is 50.3. The number of anilines is 1. The van der Waals surface area contributed by atoms with Gasteiger partial charge in [-0.2, -0.15) is 0 Å². The summed E-state index contributed by atoms with van der Waals surface area (Å²) in [6.07, 6.45) is 2.44. The van der Waals surface area contributed by atoms with E-state index in [9.17, 15) is 19.2 Å². The van der Waals surface area contributed by atoms with E-state index in [1.807, 2.05) is 0 Å². The smallest absolute Gasteiger partial charge is 0.264 e. The third-order valence-corrected chi connectivity index (χ3v) is 5.08. The van der Waals surface area contributed by atoms with E-state index in [0.29, 0.717) is 25.2 Å². The molecule has 0 bridgehead atoms. The fourth-order valence-corrected chi connectivity index (χ4v) is 3.65. The van der Waals surface area contributed by atoms with Gasteiger partial charge in [-0.3, -0.25) is 29.4 Å². The third-order valence-electron chi connectivity index (χ3n) is 5.08. The second-order valence-electron chi connectivity index (χ2n) is 7.05. The molecular formula is C19H20N6O5. The van der Waals surface area contributed by atoms with Gasteiger partial charge in [-0.25, -0.2) is 4.68 Å². The molecule has 1 aromatic carbocycles. The average molecular weight is 412 g/mol. The molecule has 156 valence electrons. The van der Waals surface area contributed by atoms with Crippen LogP contribution in [-0.2, 0) is 22.6 Å². The zero-order chi connectivity index (χ0) is 21.3. The van der Waals surface area contributed by atoms with Gasteiger partial charge in [0.05, 0.1) is 30.0 Å². The van der Waals surface area contributed by atoms with Gasteiger partial charge in [-0.15, -0.1) is 5.10 Å². The molecule has 4 amide bonds. The Kier molecular flexibility index (Phi) is 5.27. The highest BCUT2D eigenvalue weighted by Crippen LogP contribution is 2.32. The first-order valence-corrected chi connectivity index (χ1v) is 9.58. The quantitative estimate of drug-likeness (QED) is 0.507. The highest BCUT2D eigenvalue weighted by molar-refractivity contribution is 6.25. The van der Waals surface area contributed by atoms with E-state index < -0.39 is 29.7 Å². The van der Waals surface area contributed by atoms with Gasteiger partial charge in [0.1, 0.15) is 6.04 Å². The average Bonchev–Trinajstić information content (AvgIpc) is 3.26. The molecule has 0 radical (unpaired) electrons. The lowest BCUT2D eigenvalue weighted by molar-refractivity contribution is -0.136. The molecule has 0 spiro atoms. The summed E-state index contributed by atoms with van der Waals surface area (Å²) in [6, 6.07) is 3.91. The van der Waals surface area contributed by atoms with Crippen molar-refractivity contribution in [2.75, 3.05) is 18.5 Å². The van der Waals surface area contributed by atoms with Crippen LogP contribution >= 0.6 is 0 Å². The van der Waals surface area contributed by atoms with Crippen molar-refractivity contribution in [3.05, 3.63) is 41.2 Å². The predicted molar refractivity (Wildman–Crippen MR) is 102 cm³/mol. The second-order valence-corrected chi connectivity index (χ2v) is 7.05. The van der Waals surface area contributed by atoms with Crippen LogP contribution in [0.15, 0.2) is 24.4 Å². The number of nitrogens with zero attached hydrogens (tertiary/aromatic N) is 4. The third kappa shape index (κ3) is 3.54. The molecule has 2 aliphatic rings. The molecule has 1 aromatic heterocycles. The maximum atomic E-state index is 13.0. The molecule has 3 heterocycles. The molecule has 2 aliphatic heterocycles. The van der Waals surface area contributed by atoms with Crippen LogP contribution in [0.3, 0.4) is 0 Å². The molecule has 0 aliphatic carbocycles. The number of benzene rings is 1. The standard InChI is InChI=1S/C19H20N6O5/c26-9-8-24-10-11(22-23-24)6-7-20-13-3-1-2-12-16(13)19(30)25(18(12)29)14-4-5-15(27)21-17(14)28/h1-3,10,14,20,26H,4-9H2,(H,21,27,28). The summed E-state index contributed by atoms with van der Waals surface area (Å²) in [5.74, 6) is -2.14. The minimum Gasteiger partial charge on any atom is -0.394 e. The van der Waals surface area contributed by atoms with Crippen molar-refractivity contribution in [3.63, 3.8) is 0 Å². The lowest BCUT2D eigenvalue weighted by Crippen LogP contribution is -2.54. The van der Waals surface area contributed by atoms with Crippen LogP contribution in [-0.4, -0.2) is 67.8 Å². The molecule has 0 saturated carbocycles. The Hall–Kier alpha value is -3.60. The summed E-state index contributed by atoms with van der Waals surface area (Å²) in [5, 5.41) is 22.2. The van der Waals surface area contributed by atoms with Crippen LogP contribution in [0.5, 0.6) is 0 Å². The summed E-state index contributed by atoms with van der Waals surface area (Å²) < 4.78 is 1.54. The molecule has 3 N–H and O–H groups in total. The topological polar surface area (TPSA) is 147 Å². The van der Waals surface area contributed by atoms with E-state index in [4.69, 9.17) is 5.11 Å². The Morgan fingerprint density at radius 3 is 2.80 bits per heavy atom. The van der Waals surface area contributed by atoms with E-state index in [0.717, 1.165) is 10.6 Å². The largest absolute Gasteiger partial charge is 0.394 e. The minimum absolute atomic E-state index is 0.0307. The van der Waals surface area contributed by atoms with Gasteiger partial charge in [0.25, 0.3) is 11.8 Å². The molecule has 1 fully saturated rings. The highest BCUT2D eigenvalue weighted by Gasteiger charge is 2.45. The Morgan fingerprint density at radius 1 is 1.20 bits per heavy atom. The maximum Gasteiger partial charge on any atom is 0.264 e. The monoisotopic (exact) mass is 412 g/mol. The van der Waals surface area contributed by atoms with Crippen LogP contribution in [0.1, 0.15) is 39.3 Å². The molecular weight excluding hydrogens is 392 g/mol. The Balaban J connectivity index is 1.48. The van der Waals surface area contributed by atoms with Crippen molar-refractivity contribution in [1.29, 1.82) is 0 Å². The molecule has 2 aromatic rings. The number of nitrogens with one attached hydrogen (secondary N) is 2. The number of piperidine rings is 1. The molecule has 11 nitrogen and oxygen atoms in total. The number of imide groups is 2. The minimum atomic E-state index is -0.996. The molecule has 4 rings (SSSR count). The van der Waals surface area contributed by atoms with Gasteiger partial charge in [-0.05, 0) is 18.6 Å². The number of hydrogen-bond donors (Lipinski definition) is 3. The number of amides is 4. The number of carbonyl (C=O) groups is 4. The number of fused-ring (bicyclic) bond motifs is 1. The fraction of sp³-hybridized carbons (Fsp3) is 0.368. The van der Waals surface area contributed by atoms with E-state index >= 15 is 0 Å². The number of hydrogen-bond acceptors (Lipinski definition) is 8. The Morgan fingerprint density at radius 2 is 2.03 bits per heavy atom.